The number of guanidine groups is 1. The molecule has 0 saturated heterocycles. The Bertz CT molecular complexity index is 382. The Hall–Kier alpha value is -1.59. The van der Waals surface area contributed by atoms with Gasteiger partial charge in [0.15, 0.2) is 5.96 Å². The van der Waals surface area contributed by atoms with Crippen LogP contribution in [0.5, 0.6) is 0 Å². The Labute approximate surface area is 126 Å². The molecule has 1 aliphatic carbocycles. The van der Waals surface area contributed by atoms with Crippen molar-refractivity contribution >= 4 is 18.2 Å². The van der Waals surface area contributed by atoms with Gasteiger partial charge in [-0.1, -0.05) is 26.7 Å². The fourth-order valence-corrected chi connectivity index (χ4v) is 3.59. The summed E-state index contributed by atoms with van der Waals surface area (Å²) in [5, 5.41) is 13.5. The number of aldehydes is 1. The van der Waals surface area contributed by atoms with Crippen molar-refractivity contribution < 1.29 is 9.59 Å². The summed E-state index contributed by atoms with van der Waals surface area (Å²) in [7, 11) is 0. The highest BCUT2D eigenvalue weighted by atomic mass is 16.1. The van der Waals surface area contributed by atoms with Crippen LogP contribution in [-0.4, -0.2) is 30.2 Å². The zero-order valence-corrected chi connectivity index (χ0v) is 13.2. The zero-order valence-electron chi connectivity index (χ0n) is 13.2. The van der Waals surface area contributed by atoms with E-state index >= 15 is 0 Å². The fourth-order valence-electron chi connectivity index (χ4n) is 3.59. The lowest BCUT2D eigenvalue weighted by Crippen LogP contribution is -2.51. The monoisotopic (exact) mass is 296 g/mol. The molecule has 120 valence electrons. The minimum atomic E-state index is -0.0809. The molecule has 2 unspecified atom stereocenters. The lowest BCUT2D eigenvalue weighted by Gasteiger charge is -2.35. The number of hydrogen-bond acceptors (Lipinski definition) is 3. The topological polar surface area (TPSA) is 108 Å². The first-order valence-corrected chi connectivity index (χ1v) is 7.75. The second-order valence-electron chi connectivity index (χ2n) is 6.00. The predicted molar refractivity (Wildman–Crippen MR) is 82.8 cm³/mol. The summed E-state index contributed by atoms with van der Waals surface area (Å²) in [5.41, 5.74) is 5.46. The number of amides is 1. The van der Waals surface area contributed by atoms with Gasteiger partial charge < -0.3 is 21.2 Å². The van der Waals surface area contributed by atoms with Gasteiger partial charge in [0, 0.05) is 30.8 Å². The average Bonchev–Trinajstić information content (AvgIpc) is 2.80. The summed E-state index contributed by atoms with van der Waals surface area (Å²) >= 11 is 0. The van der Waals surface area contributed by atoms with Crippen molar-refractivity contribution in [3.05, 3.63) is 0 Å². The van der Waals surface area contributed by atoms with Crippen LogP contribution in [-0.2, 0) is 9.59 Å². The minimum Gasteiger partial charge on any atom is -0.370 e. The summed E-state index contributed by atoms with van der Waals surface area (Å²) in [6, 6.07) is -0.0190. The van der Waals surface area contributed by atoms with Crippen molar-refractivity contribution in [2.45, 2.75) is 58.5 Å². The van der Waals surface area contributed by atoms with Crippen LogP contribution in [0.4, 0.5) is 0 Å². The number of nitrogens with two attached hydrogens (primary N) is 1. The molecule has 1 rings (SSSR count). The van der Waals surface area contributed by atoms with Gasteiger partial charge in [-0.25, -0.2) is 0 Å². The molecule has 0 heterocycles. The van der Waals surface area contributed by atoms with Crippen molar-refractivity contribution in [1.82, 2.24) is 10.6 Å². The van der Waals surface area contributed by atoms with Gasteiger partial charge in [-0.3, -0.25) is 10.2 Å². The highest BCUT2D eigenvalue weighted by Crippen LogP contribution is 2.36. The highest BCUT2D eigenvalue weighted by molar-refractivity contribution is 5.75. The Morgan fingerprint density at radius 1 is 1.38 bits per heavy atom. The van der Waals surface area contributed by atoms with Crippen LogP contribution in [0.25, 0.3) is 0 Å². The van der Waals surface area contributed by atoms with E-state index in [4.69, 9.17) is 11.1 Å². The van der Waals surface area contributed by atoms with Crippen LogP contribution in [0.3, 0.4) is 0 Å². The summed E-state index contributed by atoms with van der Waals surface area (Å²) in [4.78, 5) is 22.7. The van der Waals surface area contributed by atoms with Crippen LogP contribution in [0.1, 0.15) is 46.5 Å². The molecule has 5 N–H and O–H groups in total. The summed E-state index contributed by atoms with van der Waals surface area (Å²) in [5.74, 6) is 0.321. The third-order valence-corrected chi connectivity index (χ3v) is 4.57. The second-order valence-corrected chi connectivity index (χ2v) is 6.00. The zero-order chi connectivity index (χ0) is 16.0. The van der Waals surface area contributed by atoms with Gasteiger partial charge in [0.1, 0.15) is 6.29 Å². The van der Waals surface area contributed by atoms with Gasteiger partial charge in [-0.2, -0.15) is 0 Å². The predicted octanol–water partition coefficient (Wildman–Crippen LogP) is 1.00. The maximum absolute atomic E-state index is 11.6. The maximum atomic E-state index is 11.6. The van der Waals surface area contributed by atoms with Gasteiger partial charge in [0.25, 0.3) is 0 Å². The molecule has 0 radical (unpaired) electrons. The lowest BCUT2D eigenvalue weighted by atomic mass is 9.81. The van der Waals surface area contributed by atoms with Gasteiger partial charge >= 0.3 is 0 Å². The average molecular weight is 296 g/mol. The summed E-state index contributed by atoms with van der Waals surface area (Å²) in [6.07, 6.45) is 4.32. The number of carbonyl (C=O) groups is 2. The van der Waals surface area contributed by atoms with E-state index in [-0.39, 0.29) is 35.8 Å². The first kappa shape index (κ1) is 17.5. The van der Waals surface area contributed by atoms with Gasteiger partial charge in [0.05, 0.1) is 0 Å². The van der Waals surface area contributed by atoms with Crippen molar-refractivity contribution in [2.24, 2.45) is 23.5 Å². The molecule has 0 aromatic carbocycles. The molecule has 1 amide bonds. The van der Waals surface area contributed by atoms with E-state index in [1.165, 1.54) is 6.92 Å². The van der Waals surface area contributed by atoms with Gasteiger partial charge in [-0.05, 0) is 18.8 Å². The van der Waals surface area contributed by atoms with Crippen molar-refractivity contribution in [1.29, 1.82) is 5.41 Å². The van der Waals surface area contributed by atoms with Crippen molar-refractivity contribution in [2.75, 3.05) is 0 Å². The quantitative estimate of drug-likeness (QED) is 0.319. The summed E-state index contributed by atoms with van der Waals surface area (Å²) < 4.78 is 0. The Balaban J connectivity index is 2.97. The first-order chi connectivity index (χ1) is 9.92. The normalized spacial score (nSPS) is 26.4. The third kappa shape index (κ3) is 4.72. The number of rotatable bonds is 7. The number of nitrogens with one attached hydrogen (secondary N) is 3. The molecular formula is C15H28N4O2. The molecule has 0 spiro atoms. The standard InChI is InChI=1S/C15H28N4O2/c1-4-11(5-2)14(18-9(3)21)12-6-10(8-20)7-13(12)19-15(16)17/h8,10-14H,4-7H2,1-3H3,(H,18,21)(H4,16,17,19)/t10-,12-,13?,14?/m1/s1. The van der Waals surface area contributed by atoms with E-state index in [1.807, 2.05) is 0 Å². The van der Waals surface area contributed by atoms with E-state index < -0.39 is 0 Å². The van der Waals surface area contributed by atoms with Crippen LogP contribution < -0.4 is 16.4 Å². The minimum absolute atomic E-state index is 0.0132. The highest BCUT2D eigenvalue weighted by Gasteiger charge is 2.41. The molecule has 6 nitrogen and oxygen atoms in total. The summed E-state index contributed by atoms with van der Waals surface area (Å²) in [6.45, 7) is 5.75. The third-order valence-electron chi connectivity index (χ3n) is 4.57. The lowest BCUT2D eigenvalue weighted by molar-refractivity contribution is -0.120. The first-order valence-electron chi connectivity index (χ1n) is 7.75. The van der Waals surface area contributed by atoms with E-state index in [0.717, 1.165) is 25.5 Å². The second kappa shape index (κ2) is 8.00. The van der Waals surface area contributed by atoms with E-state index in [9.17, 15) is 9.59 Å². The van der Waals surface area contributed by atoms with Crippen molar-refractivity contribution in [3.8, 4) is 0 Å². The van der Waals surface area contributed by atoms with E-state index in [1.54, 1.807) is 0 Å². The molecule has 0 aliphatic heterocycles. The molecular weight excluding hydrogens is 268 g/mol. The SMILES string of the molecule is CCC(CC)C(NC(C)=O)[C@@H]1C[C@@H](C=O)CC1NC(=N)N. The largest absolute Gasteiger partial charge is 0.370 e. The molecule has 4 atom stereocenters. The Morgan fingerprint density at radius 2 is 2.00 bits per heavy atom. The van der Waals surface area contributed by atoms with E-state index in [0.29, 0.717) is 12.3 Å². The van der Waals surface area contributed by atoms with E-state index in [2.05, 4.69) is 24.5 Å². The number of carbonyl (C=O) groups excluding carboxylic acids is 2. The maximum Gasteiger partial charge on any atom is 0.217 e. The van der Waals surface area contributed by atoms with Crippen LogP contribution in [0.15, 0.2) is 0 Å². The molecule has 0 aromatic rings. The van der Waals surface area contributed by atoms with Crippen LogP contribution >= 0.6 is 0 Å². The molecule has 1 aliphatic rings. The molecule has 0 bridgehead atoms. The van der Waals surface area contributed by atoms with Crippen LogP contribution in [0, 0.1) is 23.2 Å². The van der Waals surface area contributed by atoms with Gasteiger partial charge in [-0.15, -0.1) is 0 Å². The molecule has 21 heavy (non-hydrogen) atoms. The fraction of sp³-hybridized carbons (Fsp3) is 0.800. The number of hydrogen-bond donors (Lipinski definition) is 4. The van der Waals surface area contributed by atoms with Gasteiger partial charge in [0.2, 0.25) is 5.91 Å². The molecule has 6 heteroatoms. The van der Waals surface area contributed by atoms with Crippen LogP contribution in [0.2, 0.25) is 0 Å². The Morgan fingerprint density at radius 3 is 2.43 bits per heavy atom. The van der Waals surface area contributed by atoms with Crippen molar-refractivity contribution in [3.63, 3.8) is 0 Å². The smallest absolute Gasteiger partial charge is 0.217 e. The molecule has 0 aromatic heterocycles. The molecule has 1 fully saturated rings. The Kier molecular flexibility index (Phi) is 6.65. The molecule has 1 saturated carbocycles.